The van der Waals surface area contributed by atoms with Gasteiger partial charge in [-0.05, 0) is 18.9 Å². The SMILES string of the molecule is CCCc1cnc(N)nc1C. The van der Waals surface area contributed by atoms with Gasteiger partial charge in [0, 0.05) is 11.9 Å². The molecule has 0 radical (unpaired) electrons. The summed E-state index contributed by atoms with van der Waals surface area (Å²) in [5, 5.41) is 0. The molecule has 0 aromatic carbocycles. The molecule has 0 spiro atoms. The molecule has 1 heterocycles. The van der Waals surface area contributed by atoms with Crippen molar-refractivity contribution in [3.8, 4) is 0 Å². The van der Waals surface area contributed by atoms with E-state index in [9.17, 15) is 0 Å². The van der Waals surface area contributed by atoms with E-state index in [4.69, 9.17) is 5.73 Å². The van der Waals surface area contributed by atoms with Crippen molar-refractivity contribution in [3.63, 3.8) is 0 Å². The Labute approximate surface area is 66.7 Å². The van der Waals surface area contributed by atoms with Crippen molar-refractivity contribution in [2.24, 2.45) is 0 Å². The van der Waals surface area contributed by atoms with Crippen LogP contribution in [0.5, 0.6) is 0 Å². The Bertz CT molecular complexity index is 245. The predicted molar refractivity (Wildman–Crippen MR) is 45.2 cm³/mol. The van der Waals surface area contributed by atoms with Gasteiger partial charge in [0.15, 0.2) is 0 Å². The zero-order valence-corrected chi connectivity index (χ0v) is 6.96. The number of anilines is 1. The molecule has 0 saturated heterocycles. The lowest BCUT2D eigenvalue weighted by molar-refractivity contribution is 0.886. The summed E-state index contributed by atoms with van der Waals surface area (Å²) in [4.78, 5) is 7.98. The van der Waals surface area contributed by atoms with Gasteiger partial charge in [-0.25, -0.2) is 9.97 Å². The van der Waals surface area contributed by atoms with Crippen LogP contribution in [0.15, 0.2) is 6.20 Å². The van der Waals surface area contributed by atoms with Crippen LogP contribution in [-0.2, 0) is 6.42 Å². The van der Waals surface area contributed by atoms with Crippen molar-refractivity contribution in [2.75, 3.05) is 5.73 Å². The molecule has 11 heavy (non-hydrogen) atoms. The minimum atomic E-state index is 0.363. The van der Waals surface area contributed by atoms with Gasteiger partial charge in [-0.1, -0.05) is 13.3 Å². The molecule has 0 aliphatic heterocycles. The first kappa shape index (κ1) is 7.98. The van der Waals surface area contributed by atoms with E-state index < -0.39 is 0 Å². The number of hydrogen-bond acceptors (Lipinski definition) is 3. The van der Waals surface area contributed by atoms with Gasteiger partial charge in [0.05, 0.1) is 0 Å². The number of aryl methyl sites for hydroxylation is 2. The van der Waals surface area contributed by atoms with E-state index in [0.29, 0.717) is 5.95 Å². The standard InChI is InChI=1S/C8H13N3/c1-3-4-7-5-10-8(9)11-6(7)2/h5H,3-4H2,1-2H3,(H2,9,10,11). The maximum Gasteiger partial charge on any atom is 0.220 e. The van der Waals surface area contributed by atoms with Gasteiger partial charge < -0.3 is 5.73 Å². The molecule has 0 fully saturated rings. The molecule has 0 aliphatic rings. The maximum absolute atomic E-state index is 5.40. The third-order valence-corrected chi connectivity index (χ3v) is 1.62. The first-order chi connectivity index (χ1) is 5.24. The molecular formula is C8H13N3. The molecule has 3 heteroatoms. The minimum Gasteiger partial charge on any atom is -0.368 e. The molecule has 1 aromatic heterocycles. The van der Waals surface area contributed by atoms with E-state index >= 15 is 0 Å². The van der Waals surface area contributed by atoms with Crippen LogP contribution < -0.4 is 5.73 Å². The first-order valence-electron chi connectivity index (χ1n) is 3.82. The summed E-state index contributed by atoms with van der Waals surface area (Å²) in [6.45, 7) is 4.10. The highest BCUT2D eigenvalue weighted by Crippen LogP contribution is 2.06. The third kappa shape index (κ3) is 1.90. The van der Waals surface area contributed by atoms with Gasteiger partial charge in [-0.3, -0.25) is 0 Å². The molecule has 1 rings (SSSR count). The van der Waals surface area contributed by atoms with Gasteiger partial charge in [-0.15, -0.1) is 0 Å². The zero-order chi connectivity index (χ0) is 8.27. The summed E-state index contributed by atoms with van der Waals surface area (Å²) >= 11 is 0. The van der Waals surface area contributed by atoms with Crippen LogP contribution in [0.4, 0.5) is 5.95 Å². The second-order valence-electron chi connectivity index (χ2n) is 2.59. The van der Waals surface area contributed by atoms with Crippen LogP contribution in [0.3, 0.4) is 0 Å². The number of nitrogens with zero attached hydrogens (tertiary/aromatic N) is 2. The highest BCUT2D eigenvalue weighted by atomic mass is 15.0. The van der Waals surface area contributed by atoms with Gasteiger partial charge in [0.2, 0.25) is 5.95 Å². The average Bonchev–Trinajstić information content (AvgIpc) is 1.95. The molecular weight excluding hydrogens is 138 g/mol. The van der Waals surface area contributed by atoms with Crippen molar-refractivity contribution < 1.29 is 0 Å². The predicted octanol–water partition coefficient (Wildman–Crippen LogP) is 1.32. The van der Waals surface area contributed by atoms with Crippen molar-refractivity contribution in [1.29, 1.82) is 0 Å². The molecule has 0 amide bonds. The van der Waals surface area contributed by atoms with Crippen LogP contribution in [0.25, 0.3) is 0 Å². The number of nitrogens with two attached hydrogens (primary N) is 1. The molecule has 1 aromatic rings. The summed E-state index contributed by atoms with van der Waals surface area (Å²) in [5.41, 5.74) is 7.60. The van der Waals surface area contributed by atoms with E-state index in [1.807, 2.05) is 6.92 Å². The summed E-state index contributed by atoms with van der Waals surface area (Å²) in [6.07, 6.45) is 3.96. The molecule has 0 aliphatic carbocycles. The van der Waals surface area contributed by atoms with E-state index in [1.54, 1.807) is 6.20 Å². The van der Waals surface area contributed by atoms with E-state index in [1.165, 1.54) is 5.56 Å². The average molecular weight is 151 g/mol. The zero-order valence-electron chi connectivity index (χ0n) is 6.96. The minimum absolute atomic E-state index is 0.363. The largest absolute Gasteiger partial charge is 0.368 e. The fourth-order valence-electron chi connectivity index (χ4n) is 1.02. The number of aromatic nitrogens is 2. The lowest BCUT2D eigenvalue weighted by atomic mass is 10.1. The Morgan fingerprint density at radius 1 is 1.55 bits per heavy atom. The lowest BCUT2D eigenvalue weighted by Gasteiger charge is -2.01. The molecule has 2 N–H and O–H groups in total. The van der Waals surface area contributed by atoms with Crippen molar-refractivity contribution in [2.45, 2.75) is 26.7 Å². The topological polar surface area (TPSA) is 51.8 Å². The van der Waals surface area contributed by atoms with Crippen molar-refractivity contribution in [1.82, 2.24) is 9.97 Å². The Kier molecular flexibility index (Phi) is 2.41. The first-order valence-corrected chi connectivity index (χ1v) is 3.82. The number of hydrogen-bond donors (Lipinski definition) is 1. The van der Waals surface area contributed by atoms with E-state index in [2.05, 4.69) is 16.9 Å². The number of rotatable bonds is 2. The highest BCUT2D eigenvalue weighted by Gasteiger charge is 1.98. The van der Waals surface area contributed by atoms with Crippen LogP contribution in [0, 0.1) is 6.92 Å². The second kappa shape index (κ2) is 3.32. The number of nitrogen functional groups attached to an aromatic ring is 1. The molecule has 0 bridgehead atoms. The van der Waals surface area contributed by atoms with Gasteiger partial charge in [-0.2, -0.15) is 0 Å². The van der Waals surface area contributed by atoms with Gasteiger partial charge in [0.25, 0.3) is 0 Å². The fraction of sp³-hybridized carbons (Fsp3) is 0.500. The third-order valence-electron chi connectivity index (χ3n) is 1.62. The van der Waals surface area contributed by atoms with Crippen LogP contribution in [0.1, 0.15) is 24.6 Å². The van der Waals surface area contributed by atoms with Crippen molar-refractivity contribution >= 4 is 5.95 Å². The van der Waals surface area contributed by atoms with E-state index in [-0.39, 0.29) is 0 Å². The molecule has 60 valence electrons. The quantitative estimate of drug-likeness (QED) is 0.693. The summed E-state index contributed by atoms with van der Waals surface area (Å²) in [5.74, 6) is 0.363. The van der Waals surface area contributed by atoms with Crippen LogP contribution in [0.2, 0.25) is 0 Å². The Morgan fingerprint density at radius 3 is 2.82 bits per heavy atom. The Balaban J connectivity index is 2.90. The smallest absolute Gasteiger partial charge is 0.220 e. The molecule has 0 unspecified atom stereocenters. The van der Waals surface area contributed by atoms with Crippen molar-refractivity contribution in [3.05, 3.63) is 17.5 Å². The molecule has 0 saturated carbocycles. The van der Waals surface area contributed by atoms with Gasteiger partial charge in [0.1, 0.15) is 0 Å². The molecule has 3 nitrogen and oxygen atoms in total. The second-order valence-corrected chi connectivity index (χ2v) is 2.59. The Hall–Kier alpha value is -1.12. The monoisotopic (exact) mass is 151 g/mol. The molecule has 0 atom stereocenters. The maximum atomic E-state index is 5.40. The summed E-state index contributed by atoms with van der Waals surface area (Å²) in [6, 6.07) is 0. The van der Waals surface area contributed by atoms with Crippen LogP contribution in [-0.4, -0.2) is 9.97 Å². The fourth-order valence-corrected chi connectivity index (χ4v) is 1.02. The highest BCUT2D eigenvalue weighted by molar-refractivity contribution is 5.23. The van der Waals surface area contributed by atoms with E-state index in [0.717, 1.165) is 18.5 Å². The Morgan fingerprint density at radius 2 is 2.27 bits per heavy atom. The van der Waals surface area contributed by atoms with Gasteiger partial charge >= 0.3 is 0 Å². The van der Waals surface area contributed by atoms with Crippen LogP contribution >= 0.6 is 0 Å². The normalized spacial score (nSPS) is 10.0. The summed E-state index contributed by atoms with van der Waals surface area (Å²) < 4.78 is 0. The lowest BCUT2D eigenvalue weighted by Crippen LogP contribution is -2.00. The summed E-state index contributed by atoms with van der Waals surface area (Å²) in [7, 11) is 0.